The van der Waals surface area contributed by atoms with Gasteiger partial charge in [0.1, 0.15) is 18.0 Å². The Balaban J connectivity index is 2.30. The minimum atomic E-state index is -3.97. The fraction of sp³-hybridized carbons (Fsp3) is 0.350. The van der Waals surface area contributed by atoms with Crippen LogP contribution in [-0.4, -0.2) is 53.4 Å². The fourth-order valence-electron chi connectivity index (χ4n) is 2.99. The van der Waals surface area contributed by atoms with Gasteiger partial charge >= 0.3 is 0 Å². The number of nitrogens with zero attached hydrogens (tertiary/aromatic N) is 2. The van der Waals surface area contributed by atoms with Crippen molar-refractivity contribution in [2.24, 2.45) is 0 Å². The van der Waals surface area contributed by atoms with Crippen LogP contribution in [0.5, 0.6) is 17.2 Å². The number of methoxy groups -OCH3 is 3. The largest absolute Gasteiger partial charge is 0.495 e. The van der Waals surface area contributed by atoms with Crippen molar-refractivity contribution in [3.05, 3.63) is 52.1 Å². The van der Waals surface area contributed by atoms with E-state index in [1.54, 1.807) is 25.1 Å². The Morgan fingerprint density at radius 1 is 1.06 bits per heavy atom. The van der Waals surface area contributed by atoms with Gasteiger partial charge in [0.2, 0.25) is 15.9 Å². The molecule has 0 saturated heterocycles. The van der Waals surface area contributed by atoms with Crippen LogP contribution in [-0.2, 0) is 14.8 Å². The van der Waals surface area contributed by atoms with Gasteiger partial charge in [-0.2, -0.15) is 0 Å². The number of carbonyl (C=O) groups excluding carboxylic acids is 1. The number of ether oxygens (including phenoxy) is 3. The summed E-state index contributed by atoms with van der Waals surface area (Å²) in [7, 11) is 0.313. The molecular formula is C20H25N3O8S. The number of benzene rings is 2. The van der Waals surface area contributed by atoms with Crippen molar-refractivity contribution >= 4 is 27.3 Å². The molecule has 0 spiro atoms. The van der Waals surface area contributed by atoms with Gasteiger partial charge in [-0.05, 0) is 30.7 Å². The number of hydrogen-bond donors (Lipinski definition) is 1. The summed E-state index contributed by atoms with van der Waals surface area (Å²) in [6.07, 6.45) is 0.899. The molecule has 32 heavy (non-hydrogen) atoms. The summed E-state index contributed by atoms with van der Waals surface area (Å²) in [5.74, 6) is 0.453. The number of carbonyl (C=O) groups is 1. The van der Waals surface area contributed by atoms with E-state index >= 15 is 0 Å². The number of non-ortho nitro benzene ring substituents is 1. The van der Waals surface area contributed by atoms with E-state index in [1.165, 1.54) is 33.5 Å². The maximum atomic E-state index is 12.7. The van der Waals surface area contributed by atoms with Crippen molar-refractivity contribution in [2.75, 3.05) is 38.4 Å². The highest BCUT2D eigenvalue weighted by atomic mass is 32.2. The molecule has 0 aliphatic heterocycles. The van der Waals surface area contributed by atoms with Crippen molar-refractivity contribution in [1.82, 2.24) is 5.32 Å². The van der Waals surface area contributed by atoms with Crippen LogP contribution in [0.3, 0.4) is 0 Å². The molecule has 0 radical (unpaired) electrons. The van der Waals surface area contributed by atoms with Crippen LogP contribution >= 0.6 is 0 Å². The summed E-state index contributed by atoms with van der Waals surface area (Å²) < 4.78 is 41.2. The minimum absolute atomic E-state index is 0.0711. The molecule has 0 saturated carbocycles. The smallest absolute Gasteiger partial charge is 0.271 e. The average molecular weight is 468 g/mol. The minimum Gasteiger partial charge on any atom is -0.495 e. The van der Waals surface area contributed by atoms with Gasteiger partial charge in [0.05, 0.1) is 38.6 Å². The van der Waals surface area contributed by atoms with Gasteiger partial charge in [-0.3, -0.25) is 19.2 Å². The van der Waals surface area contributed by atoms with Gasteiger partial charge in [-0.1, -0.05) is 6.07 Å². The Kier molecular flexibility index (Phi) is 7.87. The fourth-order valence-corrected chi connectivity index (χ4v) is 3.84. The van der Waals surface area contributed by atoms with Crippen LogP contribution in [0.1, 0.15) is 18.5 Å². The van der Waals surface area contributed by atoms with E-state index in [4.69, 9.17) is 14.2 Å². The van der Waals surface area contributed by atoms with Gasteiger partial charge in [0.25, 0.3) is 5.69 Å². The summed E-state index contributed by atoms with van der Waals surface area (Å²) in [6.45, 7) is 1.12. The third-order valence-corrected chi connectivity index (χ3v) is 5.74. The zero-order chi connectivity index (χ0) is 24.1. The first kappa shape index (κ1) is 24.7. The highest BCUT2D eigenvalue weighted by Crippen LogP contribution is 2.34. The van der Waals surface area contributed by atoms with Crippen molar-refractivity contribution in [1.29, 1.82) is 0 Å². The Morgan fingerprint density at radius 3 is 2.19 bits per heavy atom. The molecule has 1 amide bonds. The van der Waals surface area contributed by atoms with Gasteiger partial charge in [0, 0.05) is 12.1 Å². The summed E-state index contributed by atoms with van der Waals surface area (Å²) in [4.78, 5) is 23.2. The summed E-state index contributed by atoms with van der Waals surface area (Å²) >= 11 is 0. The van der Waals surface area contributed by atoms with E-state index in [2.05, 4.69) is 5.32 Å². The predicted molar refractivity (Wildman–Crippen MR) is 118 cm³/mol. The number of nitrogens with one attached hydrogen (secondary N) is 1. The van der Waals surface area contributed by atoms with Crippen molar-refractivity contribution in [3.63, 3.8) is 0 Å². The summed E-state index contributed by atoms with van der Waals surface area (Å²) in [6, 6.07) is 8.14. The lowest BCUT2D eigenvalue weighted by Gasteiger charge is -2.24. The molecule has 2 aromatic carbocycles. The van der Waals surface area contributed by atoms with Gasteiger partial charge in [0.15, 0.2) is 11.5 Å². The highest BCUT2D eigenvalue weighted by molar-refractivity contribution is 7.92. The lowest BCUT2D eigenvalue weighted by molar-refractivity contribution is -0.384. The maximum absolute atomic E-state index is 12.7. The second kappa shape index (κ2) is 10.2. The molecule has 0 aromatic heterocycles. The highest BCUT2D eigenvalue weighted by Gasteiger charge is 2.27. The van der Waals surface area contributed by atoms with E-state index in [1.807, 2.05) is 0 Å². The second-order valence-corrected chi connectivity index (χ2v) is 8.69. The SMILES string of the molecule is COc1ccc([C@H](C)NC(=O)CN(c2cc([N+](=O)[O-])ccc2OC)S(C)(=O)=O)cc1OC. The van der Waals surface area contributed by atoms with Gasteiger partial charge < -0.3 is 19.5 Å². The first-order chi connectivity index (χ1) is 15.0. The standard InChI is InChI=1S/C20H25N3O8S/c1-13(14-6-8-18(30-3)19(10-14)31-4)21-20(24)12-22(32(5,27)28)16-11-15(23(25)26)7-9-17(16)29-2/h6-11,13H,12H2,1-5H3,(H,21,24)/t13-/m0/s1. The molecule has 11 nitrogen and oxygen atoms in total. The number of nitro groups is 1. The molecule has 2 aromatic rings. The lowest BCUT2D eigenvalue weighted by Crippen LogP contribution is -2.41. The van der Waals surface area contributed by atoms with E-state index in [0.717, 1.165) is 16.6 Å². The summed E-state index contributed by atoms with van der Waals surface area (Å²) in [5, 5.41) is 13.9. The zero-order valence-corrected chi connectivity index (χ0v) is 19.1. The molecule has 1 atom stereocenters. The molecule has 0 fully saturated rings. The molecule has 0 unspecified atom stereocenters. The lowest BCUT2D eigenvalue weighted by atomic mass is 10.1. The maximum Gasteiger partial charge on any atom is 0.271 e. The summed E-state index contributed by atoms with van der Waals surface area (Å²) in [5.41, 5.74) is 0.251. The average Bonchev–Trinajstić information content (AvgIpc) is 2.75. The molecule has 0 aliphatic rings. The Morgan fingerprint density at radius 2 is 1.66 bits per heavy atom. The van der Waals surface area contributed by atoms with Gasteiger partial charge in [-0.25, -0.2) is 8.42 Å². The normalized spacial score (nSPS) is 11.9. The topological polar surface area (TPSA) is 137 Å². The number of nitro benzene ring substituents is 1. The number of hydrogen-bond acceptors (Lipinski definition) is 8. The van der Waals surface area contributed by atoms with Gasteiger partial charge in [-0.15, -0.1) is 0 Å². The zero-order valence-electron chi connectivity index (χ0n) is 18.3. The van der Waals surface area contributed by atoms with Crippen molar-refractivity contribution < 1.29 is 32.3 Å². The molecule has 0 heterocycles. The van der Waals surface area contributed by atoms with E-state index in [-0.39, 0.29) is 17.1 Å². The third-order valence-electron chi connectivity index (χ3n) is 4.61. The second-order valence-electron chi connectivity index (χ2n) is 6.79. The number of anilines is 1. The number of rotatable bonds is 10. The van der Waals surface area contributed by atoms with Crippen LogP contribution in [0.15, 0.2) is 36.4 Å². The molecule has 174 valence electrons. The van der Waals surface area contributed by atoms with Crippen molar-refractivity contribution in [2.45, 2.75) is 13.0 Å². The van der Waals surface area contributed by atoms with E-state index < -0.39 is 33.4 Å². The molecule has 0 aliphatic carbocycles. The van der Waals surface area contributed by atoms with Crippen LogP contribution in [0.4, 0.5) is 11.4 Å². The van der Waals surface area contributed by atoms with Crippen LogP contribution in [0, 0.1) is 10.1 Å². The van der Waals surface area contributed by atoms with Crippen LogP contribution in [0.2, 0.25) is 0 Å². The number of amides is 1. The third kappa shape index (κ3) is 5.78. The van der Waals surface area contributed by atoms with E-state index in [0.29, 0.717) is 17.1 Å². The Bertz CT molecular complexity index is 1100. The number of sulfonamides is 1. The molecule has 12 heteroatoms. The molecule has 1 N–H and O–H groups in total. The molecule has 0 bridgehead atoms. The van der Waals surface area contributed by atoms with Crippen molar-refractivity contribution in [3.8, 4) is 17.2 Å². The quantitative estimate of drug-likeness (QED) is 0.415. The Hall–Kier alpha value is -3.54. The first-order valence-electron chi connectivity index (χ1n) is 9.33. The molecule has 2 rings (SSSR count). The van der Waals surface area contributed by atoms with E-state index in [9.17, 15) is 23.3 Å². The predicted octanol–water partition coefficient (Wildman–Crippen LogP) is 2.26. The first-order valence-corrected chi connectivity index (χ1v) is 11.2. The monoisotopic (exact) mass is 467 g/mol. The van der Waals surface area contributed by atoms with Crippen LogP contribution in [0.25, 0.3) is 0 Å². The Labute approximate surface area is 186 Å². The van der Waals surface area contributed by atoms with Crippen LogP contribution < -0.4 is 23.8 Å². The molecular weight excluding hydrogens is 442 g/mol.